The monoisotopic (exact) mass is 507 g/mol. The largest absolute Gasteiger partial charge is 0.505 e. The van der Waals surface area contributed by atoms with Crippen molar-refractivity contribution in [2.75, 3.05) is 6.54 Å². The number of halogens is 4. The summed E-state index contributed by atoms with van der Waals surface area (Å²) in [5.41, 5.74) is -1.97. The molecule has 190 valence electrons. The number of carbonyl (C=O) groups is 2. The molecule has 0 bridgehead atoms. The lowest BCUT2D eigenvalue weighted by Gasteiger charge is -2.14. The third-order valence-electron chi connectivity index (χ3n) is 5.23. The van der Waals surface area contributed by atoms with E-state index in [1.807, 2.05) is 5.32 Å². The van der Waals surface area contributed by atoms with Crippen molar-refractivity contribution in [1.82, 2.24) is 15.1 Å². The molecule has 0 atom stereocenters. The van der Waals surface area contributed by atoms with E-state index in [4.69, 9.17) is 5.11 Å². The van der Waals surface area contributed by atoms with E-state index in [1.165, 1.54) is 24.3 Å². The van der Waals surface area contributed by atoms with Crippen LogP contribution in [0.2, 0.25) is 0 Å². The van der Waals surface area contributed by atoms with Crippen LogP contribution in [-0.4, -0.2) is 38.4 Å². The first-order valence-corrected chi connectivity index (χ1v) is 10.7. The predicted molar refractivity (Wildman–Crippen MR) is 120 cm³/mol. The van der Waals surface area contributed by atoms with Crippen molar-refractivity contribution in [3.8, 4) is 16.9 Å². The average molecular weight is 507 g/mol. The highest BCUT2D eigenvalue weighted by molar-refractivity contribution is 5.98. The number of nitrogens with zero attached hydrogens (tertiary/aromatic N) is 2. The number of aromatic nitrogens is 2. The lowest BCUT2D eigenvalue weighted by Crippen LogP contribution is -2.37. The second-order valence-electron chi connectivity index (χ2n) is 7.84. The number of aryl methyl sites for hydroxylation is 1. The van der Waals surface area contributed by atoms with Gasteiger partial charge in [0.1, 0.15) is 23.6 Å². The lowest BCUT2D eigenvalue weighted by molar-refractivity contribution is -0.137. The molecule has 1 aromatic heterocycles. The van der Waals surface area contributed by atoms with E-state index in [2.05, 4.69) is 5.10 Å². The van der Waals surface area contributed by atoms with Crippen LogP contribution in [0, 0.1) is 5.82 Å². The van der Waals surface area contributed by atoms with Gasteiger partial charge in [-0.2, -0.15) is 18.3 Å². The first kappa shape index (κ1) is 26.4. The Balaban J connectivity index is 1.95. The zero-order valence-corrected chi connectivity index (χ0v) is 18.9. The second-order valence-corrected chi connectivity index (χ2v) is 7.84. The molecular weight excluding hydrogens is 486 g/mol. The Bertz CT molecular complexity index is 1350. The molecule has 0 unspecified atom stereocenters. The van der Waals surface area contributed by atoms with Gasteiger partial charge in [0.25, 0.3) is 11.5 Å². The van der Waals surface area contributed by atoms with Crippen molar-refractivity contribution in [1.29, 1.82) is 0 Å². The average Bonchev–Trinajstić information content (AvgIpc) is 2.81. The van der Waals surface area contributed by atoms with E-state index >= 15 is 0 Å². The molecule has 0 saturated carbocycles. The lowest BCUT2D eigenvalue weighted by atomic mass is 10.0. The minimum atomic E-state index is -4.50. The molecule has 0 fully saturated rings. The van der Waals surface area contributed by atoms with Gasteiger partial charge in [0.05, 0.1) is 12.1 Å². The summed E-state index contributed by atoms with van der Waals surface area (Å²) < 4.78 is 54.0. The van der Waals surface area contributed by atoms with Crippen molar-refractivity contribution in [3.63, 3.8) is 0 Å². The van der Waals surface area contributed by atoms with Gasteiger partial charge in [0.15, 0.2) is 5.75 Å². The summed E-state index contributed by atoms with van der Waals surface area (Å²) in [5.74, 6) is -3.94. The molecule has 8 nitrogen and oxygen atoms in total. The maximum atomic E-state index is 14.9. The Morgan fingerprint density at radius 2 is 1.72 bits per heavy atom. The minimum Gasteiger partial charge on any atom is -0.505 e. The Kier molecular flexibility index (Phi) is 7.76. The molecule has 0 aliphatic carbocycles. The van der Waals surface area contributed by atoms with Crippen molar-refractivity contribution in [3.05, 3.63) is 81.0 Å². The number of aliphatic carboxylic acids is 1. The zero-order valence-electron chi connectivity index (χ0n) is 18.9. The fourth-order valence-electron chi connectivity index (χ4n) is 3.44. The first-order valence-electron chi connectivity index (χ1n) is 10.7. The van der Waals surface area contributed by atoms with Gasteiger partial charge < -0.3 is 15.5 Å². The maximum Gasteiger partial charge on any atom is 0.416 e. The van der Waals surface area contributed by atoms with Gasteiger partial charge in [-0.25, -0.2) is 9.07 Å². The number of hydrogen-bond donors (Lipinski definition) is 3. The second kappa shape index (κ2) is 10.6. The number of hydrogen-bond acceptors (Lipinski definition) is 5. The summed E-state index contributed by atoms with van der Waals surface area (Å²) in [5, 5.41) is 25.2. The molecule has 1 heterocycles. The van der Waals surface area contributed by atoms with Crippen molar-refractivity contribution in [2.24, 2.45) is 0 Å². The minimum absolute atomic E-state index is 0.000595. The maximum absolute atomic E-state index is 14.9. The number of amides is 1. The number of benzene rings is 2. The van der Waals surface area contributed by atoms with E-state index in [0.717, 1.165) is 22.9 Å². The Labute approximate surface area is 201 Å². The molecule has 3 N–H and O–H groups in total. The SMILES string of the molecule is CCCc1nn(Cc2ccc(-c3ccc(C(F)(F)F)cc3)cc2F)c(=O)c(C(=O)NCC(=O)O)c1O. The summed E-state index contributed by atoms with van der Waals surface area (Å²) in [6, 6.07) is 8.06. The molecule has 36 heavy (non-hydrogen) atoms. The fourth-order valence-corrected chi connectivity index (χ4v) is 3.44. The van der Waals surface area contributed by atoms with E-state index in [0.29, 0.717) is 17.5 Å². The van der Waals surface area contributed by atoms with E-state index in [1.54, 1.807) is 6.92 Å². The van der Waals surface area contributed by atoms with Crippen LogP contribution in [-0.2, 0) is 23.9 Å². The van der Waals surface area contributed by atoms with Crippen LogP contribution in [0.1, 0.15) is 40.5 Å². The van der Waals surface area contributed by atoms with Crippen LogP contribution < -0.4 is 10.9 Å². The van der Waals surface area contributed by atoms with Crippen LogP contribution in [0.3, 0.4) is 0 Å². The topological polar surface area (TPSA) is 122 Å². The van der Waals surface area contributed by atoms with E-state index < -0.39 is 59.4 Å². The fraction of sp³-hybridized carbons (Fsp3) is 0.250. The molecule has 0 saturated heterocycles. The molecule has 3 aromatic rings. The summed E-state index contributed by atoms with van der Waals surface area (Å²) in [7, 11) is 0. The smallest absolute Gasteiger partial charge is 0.416 e. The highest BCUT2D eigenvalue weighted by Crippen LogP contribution is 2.31. The van der Waals surface area contributed by atoms with Gasteiger partial charge in [-0.3, -0.25) is 14.4 Å². The van der Waals surface area contributed by atoms with Crippen LogP contribution in [0.5, 0.6) is 5.75 Å². The van der Waals surface area contributed by atoms with Crippen LogP contribution in [0.15, 0.2) is 47.3 Å². The number of nitrogens with one attached hydrogen (secondary N) is 1. The van der Waals surface area contributed by atoms with Crippen molar-refractivity contribution < 1.29 is 37.4 Å². The first-order chi connectivity index (χ1) is 16.9. The molecular formula is C24H21F4N3O5. The van der Waals surface area contributed by atoms with Crippen LogP contribution in [0.4, 0.5) is 17.6 Å². The van der Waals surface area contributed by atoms with Gasteiger partial charge in [-0.05, 0) is 35.7 Å². The van der Waals surface area contributed by atoms with Gasteiger partial charge in [0, 0.05) is 5.56 Å². The zero-order chi connectivity index (χ0) is 26.6. The highest BCUT2D eigenvalue weighted by atomic mass is 19.4. The number of carboxylic acid groups (broad SMARTS) is 1. The van der Waals surface area contributed by atoms with Gasteiger partial charge >= 0.3 is 12.1 Å². The molecule has 1 amide bonds. The molecule has 0 spiro atoms. The molecule has 0 aliphatic heterocycles. The molecule has 2 aromatic carbocycles. The van der Waals surface area contributed by atoms with Crippen molar-refractivity contribution >= 4 is 11.9 Å². The number of rotatable bonds is 8. The summed E-state index contributed by atoms with van der Waals surface area (Å²) in [6.45, 7) is 0.553. The number of carboxylic acids is 1. The van der Waals surface area contributed by atoms with Gasteiger partial charge in [-0.1, -0.05) is 37.6 Å². The number of aromatic hydroxyl groups is 1. The van der Waals surface area contributed by atoms with E-state index in [9.17, 15) is 37.1 Å². The van der Waals surface area contributed by atoms with Crippen LogP contribution in [0.25, 0.3) is 11.1 Å². The predicted octanol–water partition coefficient (Wildman–Crippen LogP) is 3.59. The van der Waals surface area contributed by atoms with Crippen molar-refractivity contribution in [2.45, 2.75) is 32.5 Å². The third kappa shape index (κ3) is 5.88. The standard InChI is InChI=1S/C24H21F4N3O5/c1-2-3-18-21(34)20(22(35)29-11-19(32)33)23(36)31(30-18)12-15-5-4-14(10-17(15)25)13-6-8-16(9-7-13)24(26,27)28/h4-10,34H,2-3,11-12H2,1H3,(H,29,35)(H,32,33). The number of carbonyl (C=O) groups excluding carboxylic acids is 1. The molecule has 0 radical (unpaired) electrons. The third-order valence-corrected chi connectivity index (χ3v) is 5.23. The Hall–Kier alpha value is -4.22. The summed E-state index contributed by atoms with van der Waals surface area (Å²) >= 11 is 0. The Morgan fingerprint density at radius 3 is 2.28 bits per heavy atom. The molecule has 12 heteroatoms. The normalized spacial score (nSPS) is 11.4. The van der Waals surface area contributed by atoms with Crippen LogP contribution >= 0.6 is 0 Å². The number of alkyl halides is 3. The summed E-state index contributed by atoms with van der Waals surface area (Å²) in [4.78, 5) is 36.0. The quantitative estimate of drug-likeness (QED) is 0.401. The Morgan fingerprint density at radius 1 is 1.08 bits per heavy atom. The molecule has 0 aliphatic rings. The summed E-state index contributed by atoms with van der Waals surface area (Å²) in [6.07, 6.45) is -3.83. The van der Waals surface area contributed by atoms with E-state index in [-0.39, 0.29) is 17.7 Å². The molecule has 3 rings (SSSR count). The highest BCUT2D eigenvalue weighted by Gasteiger charge is 2.30. The van der Waals surface area contributed by atoms with Gasteiger partial charge in [-0.15, -0.1) is 0 Å². The van der Waals surface area contributed by atoms with Gasteiger partial charge in [0.2, 0.25) is 0 Å².